The molecule has 2 aromatic heterocycles. The van der Waals surface area contributed by atoms with Crippen molar-refractivity contribution < 1.29 is 11.6 Å². The van der Waals surface area contributed by atoms with Gasteiger partial charge in [0.15, 0.2) is 0 Å². The Balaban J connectivity index is 1.82. The van der Waals surface area contributed by atoms with Crippen LogP contribution in [0.5, 0.6) is 0 Å². The van der Waals surface area contributed by atoms with Crippen LogP contribution in [0.4, 0.5) is 17.1 Å². The van der Waals surface area contributed by atoms with Crippen molar-refractivity contribution in [2.24, 2.45) is 0 Å². The Bertz CT molecular complexity index is 1210. The molecule has 0 atom stereocenters. The Morgan fingerprint density at radius 3 is 3.00 bits per heavy atom. The van der Waals surface area contributed by atoms with E-state index < -0.39 is 19.4 Å². The topological polar surface area (TPSA) is 70.2 Å². The second kappa shape index (κ2) is 6.72. The first-order valence-corrected chi connectivity index (χ1v) is 8.38. The van der Waals surface area contributed by atoms with Crippen LogP contribution in [-0.4, -0.2) is 29.9 Å². The van der Waals surface area contributed by atoms with Gasteiger partial charge < -0.3 is 15.5 Å². The number of para-hydroxylation sites is 1. The van der Waals surface area contributed by atoms with Crippen LogP contribution in [0.25, 0.3) is 11.3 Å². The van der Waals surface area contributed by atoms with Crippen LogP contribution < -0.4 is 15.5 Å². The molecule has 0 aliphatic carbocycles. The standard InChI is InChI=1S/C21H21N5O/c1-13-7-8-14-12-26(3)20-15(19(14)24-13)5-4-6-18(20)25-17-9-10-23-11-16(17)21(27)22-2/h4-11H,12H2,1-3H3,(H,22,27)(H,23,25)/i2D3,12D2. The van der Waals surface area contributed by atoms with E-state index in [0.29, 0.717) is 28.3 Å². The van der Waals surface area contributed by atoms with Crippen LogP contribution in [0.1, 0.15) is 28.5 Å². The number of nitrogens with one attached hydrogen (secondary N) is 2. The summed E-state index contributed by atoms with van der Waals surface area (Å²) in [6.07, 6.45) is 2.76. The fraction of sp³-hybridized carbons (Fsp3) is 0.190. The number of fused-ring (bicyclic) bond motifs is 3. The second-order valence-electron chi connectivity index (χ2n) is 6.22. The number of benzene rings is 1. The Morgan fingerprint density at radius 2 is 2.15 bits per heavy atom. The maximum absolute atomic E-state index is 12.5. The number of nitrogens with zero attached hydrogens (tertiary/aromatic N) is 3. The second-order valence-corrected chi connectivity index (χ2v) is 6.22. The Labute approximate surface area is 165 Å². The summed E-state index contributed by atoms with van der Waals surface area (Å²) >= 11 is 0. The molecule has 6 nitrogen and oxygen atoms in total. The van der Waals surface area contributed by atoms with Crippen molar-refractivity contribution in [3.8, 4) is 11.3 Å². The molecule has 0 saturated carbocycles. The number of amides is 1. The summed E-state index contributed by atoms with van der Waals surface area (Å²) in [7, 11) is 1.65. The molecule has 136 valence electrons. The van der Waals surface area contributed by atoms with Crippen LogP contribution in [0.2, 0.25) is 0 Å². The molecule has 2 N–H and O–H groups in total. The average Bonchev–Trinajstić information content (AvgIpc) is 2.71. The molecule has 0 spiro atoms. The maximum Gasteiger partial charge on any atom is 0.254 e. The van der Waals surface area contributed by atoms with E-state index in [-0.39, 0.29) is 5.56 Å². The molecule has 1 amide bonds. The molecule has 0 bridgehead atoms. The van der Waals surface area contributed by atoms with E-state index in [0.717, 1.165) is 11.3 Å². The van der Waals surface area contributed by atoms with Crippen LogP contribution in [0.3, 0.4) is 0 Å². The van der Waals surface area contributed by atoms with Crippen molar-refractivity contribution in [3.05, 3.63) is 65.6 Å². The lowest BCUT2D eigenvalue weighted by molar-refractivity contribution is 0.0963. The van der Waals surface area contributed by atoms with Gasteiger partial charge in [0.2, 0.25) is 0 Å². The van der Waals surface area contributed by atoms with E-state index in [4.69, 9.17) is 6.85 Å². The fourth-order valence-electron chi connectivity index (χ4n) is 3.18. The number of carbonyl (C=O) groups is 1. The van der Waals surface area contributed by atoms with Crippen molar-refractivity contribution >= 4 is 23.0 Å². The molecule has 1 aliphatic rings. The van der Waals surface area contributed by atoms with Crippen molar-refractivity contribution in [2.45, 2.75) is 13.4 Å². The molecular formula is C21H21N5O. The largest absolute Gasteiger partial charge is 0.368 e. The van der Waals surface area contributed by atoms with Gasteiger partial charge >= 0.3 is 0 Å². The lowest BCUT2D eigenvalue weighted by Gasteiger charge is -2.31. The van der Waals surface area contributed by atoms with Crippen molar-refractivity contribution in [3.63, 3.8) is 0 Å². The highest BCUT2D eigenvalue weighted by Crippen LogP contribution is 2.43. The third-order valence-electron chi connectivity index (χ3n) is 4.40. The molecule has 1 aliphatic heterocycles. The zero-order valence-electron chi connectivity index (χ0n) is 19.9. The van der Waals surface area contributed by atoms with Gasteiger partial charge in [-0.05, 0) is 30.7 Å². The molecule has 6 heteroatoms. The van der Waals surface area contributed by atoms with Gasteiger partial charge in [0.1, 0.15) is 0 Å². The van der Waals surface area contributed by atoms with Gasteiger partial charge in [-0.3, -0.25) is 14.8 Å². The highest BCUT2D eigenvalue weighted by Gasteiger charge is 2.24. The lowest BCUT2D eigenvalue weighted by Crippen LogP contribution is -2.24. The first kappa shape index (κ1) is 12.1. The lowest BCUT2D eigenvalue weighted by atomic mass is 9.97. The molecule has 0 fully saturated rings. The zero-order valence-corrected chi connectivity index (χ0v) is 14.9. The van der Waals surface area contributed by atoms with E-state index in [1.165, 1.54) is 17.3 Å². The molecule has 0 radical (unpaired) electrons. The predicted octanol–water partition coefficient (Wildman–Crippen LogP) is 3.51. The molecule has 0 unspecified atom stereocenters. The molecule has 27 heavy (non-hydrogen) atoms. The number of hydrogen-bond donors (Lipinski definition) is 2. The van der Waals surface area contributed by atoms with E-state index in [9.17, 15) is 4.79 Å². The normalized spacial score (nSPS) is 17.3. The van der Waals surface area contributed by atoms with Gasteiger partial charge in [0.05, 0.1) is 31.1 Å². The minimum atomic E-state index is -2.64. The van der Waals surface area contributed by atoms with Crippen LogP contribution in [0, 0.1) is 6.92 Å². The monoisotopic (exact) mass is 364 g/mol. The summed E-state index contributed by atoms with van der Waals surface area (Å²) in [5.41, 5.74) is 4.04. The summed E-state index contributed by atoms with van der Waals surface area (Å²) in [5, 5.41) is 5.13. The highest BCUT2D eigenvalue weighted by atomic mass is 16.1. The third kappa shape index (κ3) is 2.99. The molecule has 0 saturated heterocycles. The van der Waals surface area contributed by atoms with Gasteiger partial charge in [-0.2, -0.15) is 0 Å². The van der Waals surface area contributed by atoms with Gasteiger partial charge in [0, 0.05) is 48.3 Å². The van der Waals surface area contributed by atoms with Crippen LogP contribution in [0.15, 0.2) is 48.8 Å². The minimum Gasteiger partial charge on any atom is -0.368 e. The SMILES string of the molecule is [2H]C([2H])([2H])NC(=O)c1cnccc1Nc1cccc2c1N(C)C([2H])([2H])c1ccc(C)nc1-2. The average molecular weight is 364 g/mol. The quantitative estimate of drug-likeness (QED) is 0.744. The smallest absolute Gasteiger partial charge is 0.254 e. The van der Waals surface area contributed by atoms with Gasteiger partial charge in [-0.1, -0.05) is 18.2 Å². The molecule has 1 aromatic carbocycles. The fourth-order valence-corrected chi connectivity index (χ4v) is 3.18. The number of hydrogen-bond acceptors (Lipinski definition) is 5. The summed E-state index contributed by atoms with van der Waals surface area (Å²) in [4.78, 5) is 22.5. The number of rotatable bonds is 3. The zero-order chi connectivity index (χ0) is 23.3. The van der Waals surface area contributed by atoms with E-state index in [1.807, 2.05) is 24.4 Å². The van der Waals surface area contributed by atoms with Crippen molar-refractivity contribution in [2.75, 3.05) is 24.2 Å². The van der Waals surface area contributed by atoms with Gasteiger partial charge in [-0.25, -0.2) is 0 Å². The Hall–Kier alpha value is -3.41. The van der Waals surface area contributed by atoms with E-state index in [1.54, 1.807) is 31.3 Å². The van der Waals surface area contributed by atoms with Crippen molar-refractivity contribution in [1.29, 1.82) is 0 Å². The number of anilines is 3. The van der Waals surface area contributed by atoms with Gasteiger partial charge in [-0.15, -0.1) is 0 Å². The number of aryl methyl sites for hydroxylation is 1. The van der Waals surface area contributed by atoms with Crippen LogP contribution in [-0.2, 0) is 6.50 Å². The van der Waals surface area contributed by atoms with E-state index in [2.05, 4.69) is 15.3 Å². The molecule has 3 heterocycles. The number of aromatic nitrogens is 2. The minimum absolute atomic E-state index is 0.0528. The molecular weight excluding hydrogens is 338 g/mol. The van der Waals surface area contributed by atoms with Crippen LogP contribution >= 0.6 is 0 Å². The number of pyridine rings is 2. The van der Waals surface area contributed by atoms with Gasteiger partial charge in [0.25, 0.3) is 5.91 Å². The van der Waals surface area contributed by atoms with E-state index >= 15 is 0 Å². The summed E-state index contributed by atoms with van der Waals surface area (Å²) in [6, 6.07) is 10.5. The summed E-state index contributed by atoms with van der Waals surface area (Å²) < 4.78 is 39.2. The number of carbonyl (C=O) groups excluding carboxylic acids is 1. The summed E-state index contributed by atoms with van der Waals surface area (Å²) in [5.74, 6) is -0.795. The first-order chi connectivity index (χ1) is 15.0. The van der Waals surface area contributed by atoms with Crippen molar-refractivity contribution in [1.82, 2.24) is 15.3 Å². The Kier molecular flexibility index (Phi) is 3.00. The highest BCUT2D eigenvalue weighted by molar-refractivity contribution is 6.01. The molecule has 4 rings (SSSR count). The first-order valence-electron chi connectivity index (χ1n) is 10.9. The Morgan fingerprint density at radius 1 is 1.26 bits per heavy atom. The predicted molar refractivity (Wildman–Crippen MR) is 107 cm³/mol. The third-order valence-corrected chi connectivity index (χ3v) is 4.40. The maximum atomic E-state index is 12.5. The molecule has 3 aromatic rings. The summed E-state index contributed by atoms with van der Waals surface area (Å²) in [6.45, 7) is -2.61.